The molecule has 1 aliphatic heterocycles. The van der Waals surface area contributed by atoms with Gasteiger partial charge in [0, 0.05) is 12.6 Å². The van der Waals surface area contributed by atoms with Crippen molar-refractivity contribution in [2.24, 2.45) is 0 Å². The number of aromatic nitrogens is 4. The monoisotopic (exact) mass is 281 g/mol. The SMILES string of the molecule is CCn1cnc2c(NC3CCS(=O)(=O)C3)ncnc21. The van der Waals surface area contributed by atoms with E-state index < -0.39 is 9.84 Å². The fourth-order valence-electron chi connectivity index (χ4n) is 2.32. The number of nitrogens with one attached hydrogen (secondary N) is 1. The molecule has 3 rings (SSSR count). The van der Waals surface area contributed by atoms with Crippen molar-refractivity contribution in [3.63, 3.8) is 0 Å². The highest BCUT2D eigenvalue weighted by Gasteiger charge is 2.28. The highest BCUT2D eigenvalue weighted by molar-refractivity contribution is 7.91. The molecule has 8 heteroatoms. The van der Waals surface area contributed by atoms with Crippen molar-refractivity contribution in [2.45, 2.75) is 25.9 Å². The third-order valence-electron chi connectivity index (χ3n) is 3.32. The lowest BCUT2D eigenvalue weighted by molar-refractivity contribution is 0.602. The van der Waals surface area contributed by atoms with Crippen molar-refractivity contribution in [3.05, 3.63) is 12.7 Å². The number of fused-ring (bicyclic) bond motifs is 1. The predicted molar refractivity (Wildman–Crippen MR) is 71.7 cm³/mol. The van der Waals surface area contributed by atoms with E-state index in [1.54, 1.807) is 6.33 Å². The van der Waals surface area contributed by atoms with Gasteiger partial charge in [0.25, 0.3) is 0 Å². The van der Waals surface area contributed by atoms with E-state index in [0.29, 0.717) is 17.8 Å². The van der Waals surface area contributed by atoms with Gasteiger partial charge in [0.1, 0.15) is 11.8 Å². The van der Waals surface area contributed by atoms with E-state index in [2.05, 4.69) is 20.3 Å². The highest BCUT2D eigenvalue weighted by atomic mass is 32.2. The van der Waals surface area contributed by atoms with Crippen LogP contribution in [0.1, 0.15) is 13.3 Å². The molecule has 102 valence electrons. The molecule has 0 aromatic carbocycles. The van der Waals surface area contributed by atoms with Crippen molar-refractivity contribution in [3.8, 4) is 0 Å². The number of imidazole rings is 1. The molecule has 0 spiro atoms. The van der Waals surface area contributed by atoms with E-state index in [4.69, 9.17) is 0 Å². The summed E-state index contributed by atoms with van der Waals surface area (Å²) in [6.45, 7) is 2.80. The lowest BCUT2D eigenvalue weighted by Gasteiger charge is -2.11. The number of nitrogens with zero attached hydrogens (tertiary/aromatic N) is 4. The Morgan fingerprint density at radius 2 is 2.26 bits per heavy atom. The zero-order chi connectivity index (χ0) is 13.5. The molecule has 7 nitrogen and oxygen atoms in total. The van der Waals surface area contributed by atoms with Crippen LogP contribution in [0.25, 0.3) is 11.2 Å². The van der Waals surface area contributed by atoms with Gasteiger partial charge in [-0.2, -0.15) is 0 Å². The van der Waals surface area contributed by atoms with Crippen molar-refractivity contribution in [1.29, 1.82) is 0 Å². The fraction of sp³-hybridized carbons (Fsp3) is 0.545. The topological polar surface area (TPSA) is 89.8 Å². The first-order chi connectivity index (χ1) is 9.09. The molecule has 2 aromatic heterocycles. The van der Waals surface area contributed by atoms with E-state index in [9.17, 15) is 8.42 Å². The standard InChI is InChI=1S/C11H15N5O2S/c1-2-16-7-14-9-10(12-6-13-11(9)16)15-8-3-4-19(17,18)5-8/h6-8H,2-5H2,1H3,(H,12,13,15). The van der Waals surface area contributed by atoms with Gasteiger partial charge in [-0.3, -0.25) is 0 Å². The minimum Gasteiger partial charge on any atom is -0.364 e. The third kappa shape index (κ3) is 2.27. The summed E-state index contributed by atoms with van der Waals surface area (Å²) in [5.41, 5.74) is 1.45. The maximum absolute atomic E-state index is 11.5. The Balaban J connectivity index is 1.91. The summed E-state index contributed by atoms with van der Waals surface area (Å²) in [5, 5.41) is 3.17. The van der Waals surface area contributed by atoms with Crippen LogP contribution in [0.5, 0.6) is 0 Å². The van der Waals surface area contributed by atoms with E-state index in [1.807, 2.05) is 11.5 Å². The number of hydrogen-bond acceptors (Lipinski definition) is 6. The van der Waals surface area contributed by atoms with Gasteiger partial charge in [0.05, 0.1) is 17.8 Å². The molecule has 2 aromatic rings. The molecule has 19 heavy (non-hydrogen) atoms. The summed E-state index contributed by atoms with van der Waals surface area (Å²) in [6, 6.07) is -0.0881. The number of anilines is 1. The van der Waals surface area contributed by atoms with Crippen molar-refractivity contribution in [1.82, 2.24) is 19.5 Å². The van der Waals surface area contributed by atoms with Crippen LogP contribution in [-0.4, -0.2) is 45.5 Å². The van der Waals surface area contributed by atoms with Crippen LogP contribution in [0.15, 0.2) is 12.7 Å². The van der Waals surface area contributed by atoms with E-state index in [-0.39, 0.29) is 17.5 Å². The zero-order valence-electron chi connectivity index (χ0n) is 10.6. The second-order valence-corrected chi connectivity index (χ2v) is 6.90. The van der Waals surface area contributed by atoms with Crippen LogP contribution in [0.4, 0.5) is 5.82 Å². The molecule has 1 saturated heterocycles. The summed E-state index contributed by atoms with van der Waals surface area (Å²) in [6.07, 6.45) is 3.81. The molecular formula is C11H15N5O2S. The first kappa shape index (κ1) is 12.3. The number of hydrogen-bond donors (Lipinski definition) is 1. The molecule has 3 heterocycles. The molecule has 0 aliphatic carbocycles. The first-order valence-electron chi connectivity index (χ1n) is 6.22. The zero-order valence-corrected chi connectivity index (χ0v) is 11.4. The number of sulfone groups is 1. The second kappa shape index (κ2) is 4.44. The maximum atomic E-state index is 11.5. The average molecular weight is 281 g/mol. The van der Waals surface area contributed by atoms with E-state index >= 15 is 0 Å². The van der Waals surface area contributed by atoms with Gasteiger partial charge in [-0.05, 0) is 13.3 Å². The summed E-state index contributed by atoms with van der Waals surface area (Å²) >= 11 is 0. The fourth-order valence-corrected chi connectivity index (χ4v) is 3.99. The van der Waals surface area contributed by atoms with Crippen molar-refractivity contribution < 1.29 is 8.42 Å². The largest absolute Gasteiger partial charge is 0.364 e. The molecule has 1 aliphatic rings. The Morgan fingerprint density at radius 1 is 1.42 bits per heavy atom. The Labute approximate surface area is 111 Å². The van der Waals surface area contributed by atoms with Crippen LogP contribution in [0, 0.1) is 0 Å². The van der Waals surface area contributed by atoms with Gasteiger partial charge in [-0.25, -0.2) is 23.4 Å². The van der Waals surface area contributed by atoms with Gasteiger partial charge in [0.2, 0.25) is 0 Å². The van der Waals surface area contributed by atoms with Gasteiger partial charge in [-0.15, -0.1) is 0 Å². The Morgan fingerprint density at radius 3 is 2.95 bits per heavy atom. The lowest BCUT2D eigenvalue weighted by atomic mass is 10.2. The van der Waals surface area contributed by atoms with Gasteiger partial charge >= 0.3 is 0 Å². The summed E-state index contributed by atoms with van der Waals surface area (Å²) in [7, 11) is -2.90. The smallest absolute Gasteiger partial charge is 0.165 e. The molecule has 0 bridgehead atoms. The van der Waals surface area contributed by atoms with Gasteiger partial charge in [0.15, 0.2) is 21.3 Å². The van der Waals surface area contributed by atoms with Crippen molar-refractivity contribution in [2.75, 3.05) is 16.8 Å². The summed E-state index contributed by atoms with van der Waals surface area (Å²) < 4.78 is 24.8. The van der Waals surface area contributed by atoms with Crippen LogP contribution < -0.4 is 5.32 Å². The summed E-state index contributed by atoms with van der Waals surface area (Å²) in [4.78, 5) is 12.7. The number of aryl methyl sites for hydroxylation is 1. The minimum atomic E-state index is -2.90. The Hall–Kier alpha value is -1.70. The number of rotatable bonds is 3. The summed E-state index contributed by atoms with van der Waals surface area (Å²) in [5.74, 6) is 1.01. The maximum Gasteiger partial charge on any atom is 0.165 e. The molecule has 1 unspecified atom stereocenters. The van der Waals surface area contributed by atoms with E-state index in [0.717, 1.165) is 12.2 Å². The molecule has 1 N–H and O–H groups in total. The average Bonchev–Trinajstić information content (AvgIpc) is 2.93. The molecule has 0 radical (unpaired) electrons. The quantitative estimate of drug-likeness (QED) is 0.878. The van der Waals surface area contributed by atoms with Gasteiger partial charge in [-0.1, -0.05) is 0 Å². The lowest BCUT2D eigenvalue weighted by Crippen LogP contribution is -2.21. The second-order valence-electron chi connectivity index (χ2n) is 4.67. The van der Waals surface area contributed by atoms with Crippen LogP contribution >= 0.6 is 0 Å². The van der Waals surface area contributed by atoms with E-state index in [1.165, 1.54) is 6.33 Å². The highest BCUT2D eigenvalue weighted by Crippen LogP contribution is 2.21. The third-order valence-corrected chi connectivity index (χ3v) is 5.08. The van der Waals surface area contributed by atoms with Crippen LogP contribution in [0.3, 0.4) is 0 Å². The molecule has 1 atom stereocenters. The predicted octanol–water partition coefficient (Wildman–Crippen LogP) is 0.445. The normalized spacial score (nSPS) is 21.8. The Kier molecular flexibility index (Phi) is 2.89. The van der Waals surface area contributed by atoms with Gasteiger partial charge < -0.3 is 9.88 Å². The van der Waals surface area contributed by atoms with Crippen molar-refractivity contribution >= 4 is 26.8 Å². The first-order valence-corrected chi connectivity index (χ1v) is 8.04. The van der Waals surface area contributed by atoms with Crippen LogP contribution in [-0.2, 0) is 16.4 Å². The minimum absolute atomic E-state index is 0.0881. The van der Waals surface area contributed by atoms with Crippen LogP contribution in [0.2, 0.25) is 0 Å². The molecule has 0 amide bonds. The molecular weight excluding hydrogens is 266 g/mol. The molecule has 1 fully saturated rings. The Bertz CT molecular complexity index is 709. The molecule has 0 saturated carbocycles.